The molecular formula is C28H33F3N4O4. The van der Waals surface area contributed by atoms with Gasteiger partial charge in [0.05, 0.1) is 24.8 Å². The van der Waals surface area contributed by atoms with Crippen LogP contribution in [0.1, 0.15) is 60.0 Å². The molecule has 2 atom stereocenters. The van der Waals surface area contributed by atoms with Gasteiger partial charge < -0.3 is 25.4 Å². The lowest BCUT2D eigenvalue weighted by molar-refractivity contribution is -0.137. The van der Waals surface area contributed by atoms with Crippen molar-refractivity contribution in [2.45, 2.75) is 62.4 Å². The van der Waals surface area contributed by atoms with Crippen molar-refractivity contribution in [1.82, 2.24) is 20.5 Å². The van der Waals surface area contributed by atoms with Gasteiger partial charge in [-0.15, -0.1) is 0 Å². The van der Waals surface area contributed by atoms with E-state index in [4.69, 9.17) is 4.74 Å². The zero-order valence-corrected chi connectivity index (χ0v) is 21.8. The maximum absolute atomic E-state index is 12.9. The molecule has 11 heteroatoms. The second-order valence-corrected chi connectivity index (χ2v) is 11.0. The van der Waals surface area contributed by atoms with Crippen molar-refractivity contribution in [2.75, 3.05) is 26.7 Å². The third-order valence-corrected chi connectivity index (χ3v) is 8.51. The minimum atomic E-state index is -4.54. The topological polar surface area (TPSA) is 104 Å². The number of rotatable bonds is 7. The number of carbonyl (C=O) groups excluding carboxylic acids is 2. The monoisotopic (exact) mass is 546 g/mol. The smallest absolute Gasteiger partial charge is 0.416 e. The minimum Gasteiger partial charge on any atom is -0.481 e. The van der Waals surface area contributed by atoms with Gasteiger partial charge in [-0.05, 0) is 62.8 Å². The third-order valence-electron chi connectivity index (χ3n) is 8.51. The number of hydrogen-bond acceptors (Lipinski definition) is 6. The van der Waals surface area contributed by atoms with Crippen molar-refractivity contribution in [3.05, 3.63) is 59.3 Å². The van der Waals surface area contributed by atoms with Crippen molar-refractivity contribution in [3.8, 4) is 5.88 Å². The van der Waals surface area contributed by atoms with E-state index in [1.165, 1.54) is 12.1 Å². The van der Waals surface area contributed by atoms with Gasteiger partial charge in [-0.25, -0.2) is 4.98 Å². The van der Waals surface area contributed by atoms with Crippen LogP contribution in [0.3, 0.4) is 0 Å². The Bertz CT molecular complexity index is 1210. The van der Waals surface area contributed by atoms with E-state index in [0.29, 0.717) is 37.9 Å². The molecule has 1 aromatic heterocycles. The molecule has 2 aliphatic carbocycles. The molecule has 0 bridgehead atoms. The summed E-state index contributed by atoms with van der Waals surface area (Å²) in [4.78, 5) is 31.0. The molecule has 8 nitrogen and oxygen atoms in total. The molecular weight excluding hydrogens is 513 g/mol. The zero-order chi connectivity index (χ0) is 27.8. The summed E-state index contributed by atoms with van der Waals surface area (Å²) in [7, 11) is 1.56. The number of pyridine rings is 1. The summed E-state index contributed by atoms with van der Waals surface area (Å²) in [5, 5.41) is 17.3. The number of aromatic nitrogens is 1. The Morgan fingerprint density at radius 3 is 2.62 bits per heavy atom. The third kappa shape index (κ3) is 5.89. The van der Waals surface area contributed by atoms with Crippen molar-refractivity contribution >= 4 is 11.8 Å². The van der Waals surface area contributed by atoms with Gasteiger partial charge in [0.1, 0.15) is 0 Å². The van der Waals surface area contributed by atoms with Gasteiger partial charge >= 0.3 is 6.18 Å². The van der Waals surface area contributed by atoms with Crippen LogP contribution in [-0.4, -0.2) is 65.6 Å². The molecule has 39 heavy (non-hydrogen) atoms. The Labute approximate surface area is 224 Å². The van der Waals surface area contributed by atoms with Crippen molar-refractivity contribution < 1.29 is 32.6 Å². The Hall–Kier alpha value is -3.18. The van der Waals surface area contributed by atoms with Gasteiger partial charge in [-0.1, -0.05) is 6.07 Å². The Balaban J connectivity index is 1.07. The quantitative estimate of drug-likeness (QED) is 0.493. The SMILES string of the molecule is COc1ccc(C2(O)CCC(N[C@@H]3C[C@]34CCN(C(=O)CNC(=O)c3cccc(C(F)(F)F)c3)C4)CC2)cn1. The van der Waals surface area contributed by atoms with E-state index in [-0.39, 0.29) is 29.5 Å². The fourth-order valence-electron chi connectivity index (χ4n) is 5.96. The molecule has 3 aliphatic rings. The fourth-order valence-corrected chi connectivity index (χ4v) is 5.96. The van der Waals surface area contributed by atoms with Gasteiger partial charge in [0, 0.05) is 54.0 Å². The van der Waals surface area contributed by atoms with Crippen LogP contribution < -0.4 is 15.4 Å². The normalized spacial score (nSPS) is 28.4. The number of methoxy groups -OCH3 is 1. The maximum atomic E-state index is 12.9. The van der Waals surface area contributed by atoms with Crippen LogP contribution in [0.4, 0.5) is 13.2 Å². The molecule has 2 heterocycles. The number of likely N-dealkylation sites (tertiary alicyclic amines) is 1. The number of amides is 2. The first-order valence-electron chi connectivity index (χ1n) is 13.2. The number of benzene rings is 1. The van der Waals surface area contributed by atoms with Crippen molar-refractivity contribution in [2.24, 2.45) is 5.41 Å². The summed E-state index contributed by atoms with van der Waals surface area (Å²) < 4.78 is 43.9. The molecule has 2 amide bonds. The first-order chi connectivity index (χ1) is 18.5. The highest BCUT2D eigenvalue weighted by molar-refractivity contribution is 5.96. The van der Waals surface area contributed by atoms with Crippen LogP contribution in [0.2, 0.25) is 0 Å². The maximum Gasteiger partial charge on any atom is 0.416 e. The number of ether oxygens (including phenoxy) is 1. The number of alkyl halides is 3. The van der Waals surface area contributed by atoms with E-state index in [1.807, 2.05) is 6.07 Å². The summed E-state index contributed by atoms with van der Waals surface area (Å²) in [6.45, 7) is 0.924. The van der Waals surface area contributed by atoms with Crippen LogP contribution >= 0.6 is 0 Å². The minimum absolute atomic E-state index is 0.0222. The van der Waals surface area contributed by atoms with Crippen LogP contribution in [0.25, 0.3) is 0 Å². The van der Waals surface area contributed by atoms with Crippen LogP contribution in [0.15, 0.2) is 42.6 Å². The number of carbonyl (C=O) groups is 2. The largest absolute Gasteiger partial charge is 0.481 e. The molecule has 1 aliphatic heterocycles. The second kappa shape index (κ2) is 10.4. The average molecular weight is 547 g/mol. The molecule has 3 fully saturated rings. The molecule has 1 spiro atoms. The summed E-state index contributed by atoms with van der Waals surface area (Å²) >= 11 is 0. The zero-order valence-electron chi connectivity index (χ0n) is 21.8. The highest BCUT2D eigenvalue weighted by Crippen LogP contribution is 2.53. The van der Waals surface area contributed by atoms with Crippen LogP contribution in [0.5, 0.6) is 5.88 Å². The molecule has 210 valence electrons. The first-order valence-corrected chi connectivity index (χ1v) is 13.2. The fraction of sp³-hybridized carbons (Fsp3) is 0.536. The van der Waals surface area contributed by atoms with Crippen LogP contribution in [0, 0.1) is 5.41 Å². The number of aliphatic hydroxyl groups is 1. The van der Waals surface area contributed by atoms with Gasteiger partial charge in [-0.2, -0.15) is 13.2 Å². The van der Waals surface area contributed by atoms with Crippen molar-refractivity contribution in [1.29, 1.82) is 0 Å². The Morgan fingerprint density at radius 1 is 1.18 bits per heavy atom. The predicted octanol–water partition coefficient (Wildman–Crippen LogP) is 3.25. The first kappa shape index (κ1) is 27.4. The Kier molecular flexibility index (Phi) is 7.32. The van der Waals surface area contributed by atoms with E-state index < -0.39 is 23.2 Å². The predicted molar refractivity (Wildman–Crippen MR) is 136 cm³/mol. The van der Waals surface area contributed by atoms with Gasteiger partial charge in [0.2, 0.25) is 11.8 Å². The number of nitrogens with one attached hydrogen (secondary N) is 2. The van der Waals surface area contributed by atoms with Gasteiger partial charge in [-0.3, -0.25) is 9.59 Å². The van der Waals surface area contributed by atoms with E-state index >= 15 is 0 Å². The molecule has 2 aromatic rings. The number of halogens is 3. The van der Waals surface area contributed by atoms with Gasteiger partial charge in [0.25, 0.3) is 5.91 Å². The lowest BCUT2D eigenvalue weighted by Gasteiger charge is -2.37. The van der Waals surface area contributed by atoms with Crippen molar-refractivity contribution in [3.63, 3.8) is 0 Å². The summed E-state index contributed by atoms with van der Waals surface area (Å²) in [5.74, 6) is -0.440. The summed E-state index contributed by atoms with van der Waals surface area (Å²) in [6.07, 6.45) is 1.90. The molecule has 1 aromatic carbocycles. The molecule has 2 saturated carbocycles. The average Bonchev–Trinajstić information content (AvgIpc) is 3.40. The molecule has 3 N–H and O–H groups in total. The van der Waals surface area contributed by atoms with Crippen LogP contribution in [-0.2, 0) is 16.6 Å². The van der Waals surface area contributed by atoms with E-state index in [9.17, 15) is 27.9 Å². The van der Waals surface area contributed by atoms with E-state index in [2.05, 4.69) is 15.6 Å². The number of nitrogens with zero attached hydrogens (tertiary/aromatic N) is 2. The number of hydrogen-bond donors (Lipinski definition) is 3. The highest BCUT2D eigenvalue weighted by atomic mass is 19.4. The lowest BCUT2D eigenvalue weighted by atomic mass is 9.78. The molecule has 5 rings (SSSR count). The molecule has 1 saturated heterocycles. The van der Waals surface area contributed by atoms with E-state index in [0.717, 1.165) is 43.4 Å². The van der Waals surface area contributed by atoms with Gasteiger partial charge in [0.15, 0.2) is 0 Å². The molecule has 0 radical (unpaired) electrons. The van der Waals surface area contributed by atoms with E-state index in [1.54, 1.807) is 24.3 Å². The summed E-state index contributed by atoms with van der Waals surface area (Å²) in [6, 6.07) is 8.36. The lowest BCUT2D eigenvalue weighted by Crippen LogP contribution is -2.42. The second-order valence-electron chi connectivity index (χ2n) is 11.0. The standard InChI is InChI=1S/C28H33F3N4O4/c1-39-23-6-5-20(15-32-23)27(38)9-7-21(8-10-27)34-22-14-26(22)11-12-35(17-26)24(36)16-33-25(37)18-3-2-4-19(13-18)28(29,30)31/h2-6,13,15,21-22,34,38H,7-12,14,16-17H2,1H3,(H,33,37)/t21?,22-,26+,27?/m1/s1. The Morgan fingerprint density at radius 2 is 1.95 bits per heavy atom. The molecule has 0 unspecified atom stereocenters. The highest BCUT2D eigenvalue weighted by Gasteiger charge is 2.58. The summed E-state index contributed by atoms with van der Waals surface area (Å²) in [5.41, 5.74) is -1.11.